The number of thiazole rings is 1. The maximum Gasteiger partial charge on any atom is 0.287 e. The zero-order valence-electron chi connectivity index (χ0n) is 30.6. The summed E-state index contributed by atoms with van der Waals surface area (Å²) in [6.07, 6.45) is 6.25. The summed E-state index contributed by atoms with van der Waals surface area (Å²) in [5.74, 6) is 2.48. The Morgan fingerprint density at radius 2 is 1.68 bits per heavy atom. The molecule has 0 N–H and O–H groups in total. The minimum atomic E-state index is -4.41. The Balaban J connectivity index is 1.11. The third kappa shape index (κ3) is 6.70. The molecule has 0 bridgehead atoms. The van der Waals surface area contributed by atoms with E-state index in [-0.39, 0.29) is 13.0 Å². The number of rotatable bonds is 11. The number of oxazole rings is 1. The van der Waals surface area contributed by atoms with E-state index in [0.717, 1.165) is 67.6 Å². The fourth-order valence-electron chi connectivity index (χ4n) is 7.31. The standard InChI is InChI=1S/C43H36N6O5S2/c1-3-47-34-24-22-31(53-43-45-33-16-8-10-18-39(33)55-43)28-36(34)46(2)40(47)19-11-20-41-48(25-12-26-56(50,51)52)37-27-29(42-44-32-15-7-9-17-38(32)54-42)21-23-35(37)49(41)30-13-5-4-6-14-30/h4-11,13-24,27-28H,3,12,25-26H2,1-2H3. The number of nitrogens with zero attached hydrogens (tertiary/aromatic N) is 6. The molecule has 5 aromatic carbocycles. The molecular formula is C43H36N6O5S2. The molecule has 1 aliphatic rings. The number of allylic oxidation sites excluding steroid dienone is 2. The third-order valence-electron chi connectivity index (χ3n) is 9.85. The summed E-state index contributed by atoms with van der Waals surface area (Å²) >= 11 is 1.51. The first-order chi connectivity index (χ1) is 27.2. The molecule has 9 rings (SSSR count). The number of hydrogen-bond donors (Lipinski definition) is 0. The van der Waals surface area contributed by atoms with Gasteiger partial charge < -0.3 is 23.5 Å². The Morgan fingerprint density at radius 3 is 2.46 bits per heavy atom. The van der Waals surface area contributed by atoms with E-state index >= 15 is 0 Å². The number of para-hydroxylation sites is 4. The lowest BCUT2D eigenvalue weighted by Crippen LogP contribution is -2.37. The van der Waals surface area contributed by atoms with Crippen LogP contribution in [0.3, 0.4) is 0 Å². The van der Waals surface area contributed by atoms with Gasteiger partial charge in [0.25, 0.3) is 11.0 Å². The van der Waals surface area contributed by atoms with Crippen molar-refractivity contribution < 1.29 is 26.7 Å². The molecule has 56 heavy (non-hydrogen) atoms. The van der Waals surface area contributed by atoms with Crippen molar-refractivity contribution in [3.63, 3.8) is 0 Å². The predicted molar refractivity (Wildman–Crippen MR) is 220 cm³/mol. The number of fused-ring (bicyclic) bond motifs is 4. The molecule has 0 fully saturated rings. The summed E-state index contributed by atoms with van der Waals surface area (Å²) in [6, 6.07) is 37.7. The average Bonchev–Trinajstić information content (AvgIpc) is 3.96. The molecular weight excluding hydrogens is 745 g/mol. The van der Waals surface area contributed by atoms with Crippen LogP contribution in [0.5, 0.6) is 10.9 Å². The second-order valence-electron chi connectivity index (χ2n) is 13.4. The molecule has 8 aromatic rings. The number of imidazole rings is 1. The van der Waals surface area contributed by atoms with Gasteiger partial charge >= 0.3 is 0 Å². The van der Waals surface area contributed by atoms with Crippen LogP contribution in [0.25, 0.3) is 55.6 Å². The van der Waals surface area contributed by atoms with Crippen LogP contribution in [-0.4, -0.2) is 46.9 Å². The summed E-state index contributed by atoms with van der Waals surface area (Å²) in [7, 11) is -2.38. The highest BCUT2D eigenvalue weighted by Gasteiger charge is 2.29. The van der Waals surface area contributed by atoms with Gasteiger partial charge in [-0.1, -0.05) is 59.9 Å². The summed E-state index contributed by atoms with van der Waals surface area (Å²) < 4.78 is 52.9. The van der Waals surface area contributed by atoms with Gasteiger partial charge in [0.15, 0.2) is 16.6 Å². The Morgan fingerprint density at radius 1 is 0.893 bits per heavy atom. The lowest BCUT2D eigenvalue weighted by molar-refractivity contribution is -0.673. The molecule has 0 atom stereocenters. The first kappa shape index (κ1) is 35.4. The Labute approximate surface area is 327 Å². The molecule has 1 aliphatic heterocycles. The number of ether oxygens (including phenoxy) is 1. The molecule has 0 saturated carbocycles. The SMILES string of the molecule is CCN1/C(=C\C=C/c2n(-c3ccccc3)c3ccc(-c4nc5ccccc5o4)cc3[n+]2CCCS(=O)(=O)[O-])N(C)c2cc(Oc3nc4ccccc4s3)ccc21. The van der Waals surface area contributed by atoms with Gasteiger partial charge in [0.2, 0.25) is 5.89 Å². The highest BCUT2D eigenvalue weighted by Crippen LogP contribution is 2.44. The van der Waals surface area contributed by atoms with Crippen molar-refractivity contribution in [2.45, 2.75) is 19.9 Å². The van der Waals surface area contributed by atoms with Crippen molar-refractivity contribution >= 4 is 71.3 Å². The number of hydrogen-bond acceptors (Lipinski definition) is 10. The first-order valence-corrected chi connectivity index (χ1v) is 20.6. The molecule has 13 heteroatoms. The van der Waals surface area contributed by atoms with Crippen LogP contribution in [0.4, 0.5) is 11.4 Å². The maximum absolute atomic E-state index is 11.7. The van der Waals surface area contributed by atoms with Crippen LogP contribution < -0.4 is 19.1 Å². The van der Waals surface area contributed by atoms with Gasteiger partial charge in [-0.25, -0.2) is 23.0 Å². The lowest BCUT2D eigenvalue weighted by atomic mass is 10.2. The van der Waals surface area contributed by atoms with Crippen molar-refractivity contribution in [1.82, 2.24) is 14.5 Å². The summed E-state index contributed by atoms with van der Waals surface area (Å²) in [5.41, 5.74) is 7.85. The van der Waals surface area contributed by atoms with Crippen LogP contribution in [0.15, 0.2) is 138 Å². The van der Waals surface area contributed by atoms with E-state index in [0.29, 0.717) is 22.4 Å². The van der Waals surface area contributed by atoms with Crippen molar-refractivity contribution in [2.24, 2.45) is 0 Å². The minimum absolute atomic E-state index is 0.141. The van der Waals surface area contributed by atoms with Gasteiger partial charge in [0, 0.05) is 43.1 Å². The van der Waals surface area contributed by atoms with Gasteiger partial charge in [-0.15, -0.1) is 0 Å². The highest BCUT2D eigenvalue weighted by molar-refractivity contribution is 7.85. The molecule has 11 nitrogen and oxygen atoms in total. The van der Waals surface area contributed by atoms with Crippen molar-refractivity contribution in [3.05, 3.63) is 139 Å². The van der Waals surface area contributed by atoms with E-state index in [1.165, 1.54) is 11.3 Å². The fraction of sp³-hybridized carbons (Fsp3) is 0.140. The van der Waals surface area contributed by atoms with Gasteiger partial charge in [-0.3, -0.25) is 0 Å². The quantitative estimate of drug-likeness (QED) is 0.0936. The van der Waals surface area contributed by atoms with Crippen LogP contribution in [0.2, 0.25) is 0 Å². The average molecular weight is 781 g/mol. The van der Waals surface area contributed by atoms with E-state index in [1.807, 2.05) is 128 Å². The summed E-state index contributed by atoms with van der Waals surface area (Å²) in [5, 5.41) is 0.591. The monoisotopic (exact) mass is 780 g/mol. The topological polar surface area (TPSA) is 121 Å². The zero-order valence-corrected chi connectivity index (χ0v) is 32.2. The molecule has 0 amide bonds. The number of benzene rings is 5. The summed E-state index contributed by atoms with van der Waals surface area (Å²) in [4.78, 5) is 13.8. The Kier molecular flexibility index (Phi) is 9.12. The largest absolute Gasteiger partial charge is 0.748 e. The van der Waals surface area contributed by atoms with Crippen LogP contribution >= 0.6 is 11.3 Å². The first-order valence-electron chi connectivity index (χ1n) is 18.2. The van der Waals surface area contributed by atoms with Crippen LogP contribution in [0.1, 0.15) is 19.2 Å². The molecule has 0 aliphatic carbocycles. The second-order valence-corrected chi connectivity index (χ2v) is 15.9. The van der Waals surface area contributed by atoms with E-state index in [2.05, 4.69) is 43.0 Å². The van der Waals surface area contributed by atoms with E-state index in [1.54, 1.807) is 0 Å². The van der Waals surface area contributed by atoms with Gasteiger partial charge in [-0.05, 0) is 80.1 Å². The second kappa shape index (κ2) is 14.4. The molecule has 280 valence electrons. The maximum atomic E-state index is 11.7. The predicted octanol–water partition coefficient (Wildman–Crippen LogP) is 8.89. The van der Waals surface area contributed by atoms with Crippen LogP contribution in [0, 0.1) is 0 Å². The Bertz CT molecular complexity index is 2870. The van der Waals surface area contributed by atoms with Crippen LogP contribution in [-0.2, 0) is 16.7 Å². The van der Waals surface area contributed by atoms with Gasteiger partial charge in [0.05, 0.1) is 38.3 Å². The summed E-state index contributed by atoms with van der Waals surface area (Å²) in [6.45, 7) is 3.14. The number of aromatic nitrogens is 4. The molecule has 0 unspecified atom stereocenters. The smallest absolute Gasteiger partial charge is 0.287 e. The molecule has 0 spiro atoms. The molecule has 0 radical (unpaired) electrons. The van der Waals surface area contributed by atoms with E-state index in [4.69, 9.17) is 14.1 Å². The third-order valence-corrected chi connectivity index (χ3v) is 11.6. The van der Waals surface area contributed by atoms with Gasteiger partial charge in [-0.2, -0.15) is 4.57 Å². The number of aryl methyl sites for hydroxylation is 1. The minimum Gasteiger partial charge on any atom is -0.748 e. The fourth-order valence-corrected chi connectivity index (χ4v) is 8.63. The van der Waals surface area contributed by atoms with Crippen molar-refractivity contribution in [3.8, 4) is 28.1 Å². The van der Waals surface area contributed by atoms with E-state index in [9.17, 15) is 13.0 Å². The van der Waals surface area contributed by atoms with Crippen molar-refractivity contribution in [2.75, 3.05) is 29.1 Å². The molecule has 4 heterocycles. The number of anilines is 2. The molecule has 3 aromatic heterocycles. The Hall–Kier alpha value is -6.28. The highest BCUT2D eigenvalue weighted by atomic mass is 32.2. The molecule has 0 saturated heterocycles. The lowest BCUT2D eigenvalue weighted by Gasteiger charge is -2.20. The normalized spacial score (nSPS) is 13.9. The van der Waals surface area contributed by atoms with E-state index < -0.39 is 15.9 Å². The van der Waals surface area contributed by atoms with Gasteiger partial charge in [0.1, 0.15) is 22.8 Å². The zero-order chi connectivity index (χ0) is 38.4. The van der Waals surface area contributed by atoms with Crippen molar-refractivity contribution in [1.29, 1.82) is 0 Å².